The van der Waals surface area contributed by atoms with E-state index in [-0.39, 0.29) is 13.1 Å². The van der Waals surface area contributed by atoms with E-state index in [2.05, 4.69) is 4.90 Å². The Hall–Kier alpha value is -0.780. The third-order valence-corrected chi connectivity index (χ3v) is 2.63. The predicted octanol–water partition coefficient (Wildman–Crippen LogP) is 1.55. The Bertz CT molecular complexity index is 229. The molecule has 0 saturated carbocycles. The van der Waals surface area contributed by atoms with Crippen LogP contribution < -0.4 is 0 Å². The smallest absolute Gasteiger partial charge is 0.350 e. The monoisotopic (exact) mass is 223 g/mol. The summed E-state index contributed by atoms with van der Waals surface area (Å²) in [5.41, 5.74) is 0. The van der Waals surface area contributed by atoms with Crippen molar-refractivity contribution in [1.29, 1.82) is 5.41 Å². The maximum Gasteiger partial charge on any atom is 0.448 e. The molecule has 0 aromatic carbocycles. The summed E-state index contributed by atoms with van der Waals surface area (Å²) in [6, 6.07) is 0.354. The van der Waals surface area contributed by atoms with Gasteiger partial charge in [-0.25, -0.2) is 0 Å². The molecule has 1 N–H and O–H groups in total. The molecule has 1 aliphatic rings. The Morgan fingerprint density at radius 2 is 1.60 bits per heavy atom. The van der Waals surface area contributed by atoms with Gasteiger partial charge >= 0.3 is 6.18 Å². The number of amidine groups is 1. The van der Waals surface area contributed by atoms with Gasteiger partial charge in [0, 0.05) is 32.2 Å². The minimum Gasteiger partial charge on any atom is -0.350 e. The first-order valence-electron chi connectivity index (χ1n) is 4.97. The molecule has 0 atom stereocenters. The highest BCUT2D eigenvalue weighted by molar-refractivity contribution is 5.84. The summed E-state index contributed by atoms with van der Waals surface area (Å²) in [7, 11) is 0. The normalized spacial score (nSPS) is 19.7. The zero-order valence-electron chi connectivity index (χ0n) is 8.93. The quantitative estimate of drug-likeness (QED) is 0.540. The fourth-order valence-electron chi connectivity index (χ4n) is 1.64. The second kappa shape index (κ2) is 4.38. The molecular weight excluding hydrogens is 207 g/mol. The third kappa shape index (κ3) is 3.09. The van der Waals surface area contributed by atoms with Crippen LogP contribution >= 0.6 is 0 Å². The number of nitrogens with zero attached hydrogens (tertiary/aromatic N) is 2. The van der Waals surface area contributed by atoms with Crippen molar-refractivity contribution in [2.24, 2.45) is 0 Å². The van der Waals surface area contributed by atoms with Gasteiger partial charge < -0.3 is 4.90 Å². The largest absolute Gasteiger partial charge is 0.448 e. The lowest BCUT2D eigenvalue weighted by Crippen LogP contribution is -2.53. The third-order valence-electron chi connectivity index (χ3n) is 2.63. The lowest BCUT2D eigenvalue weighted by Gasteiger charge is -2.38. The van der Waals surface area contributed by atoms with E-state index < -0.39 is 12.0 Å². The number of nitrogens with one attached hydrogen (secondary N) is 1. The number of piperazine rings is 1. The van der Waals surface area contributed by atoms with Gasteiger partial charge in [-0.05, 0) is 13.8 Å². The Labute approximate surface area is 87.4 Å². The van der Waals surface area contributed by atoms with E-state index in [4.69, 9.17) is 5.41 Å². The van der Waals surface area contributed by atoms with Crippen LogP contribution in [0, 0.1) is 5.41 Å². The van der Waals surface area contributed by atoms with Crippen LogP contribution in [0.15, 0.2) is 0 Å². The van der Waals surface area contributed by atoms with Gasteiger partial charge in [-0.15, -0.1) is 0 Å². The van der Waals surface area contributed by atoms with Crippen LogP contribution in [0.5, 0.6) is 0 Å². The Morgan fingerprint density at radius 3 is 1.93 bits per heavy atom. The second-order valence-corrected chi connectivity index (χ2v) is 3.96. The van der Waals surface area contributed by atoms with Crippen molar-refractivity contribution in [1.82, 2.24) is 9.80 Å². The van der Waals surface area contributed by atoms with Crippen molar-refractivity contribution >= 4 is 5.84 Å². The van der Waals surface area contributed by atoms with Crippen LogP contribution in [0.2, 0.25) is 0 Å². The maximum absolute atomic E-state index is 12.2. The van der Waals surface area contributed by atoms with E-state index >= 15 is 0 Å². The van der Waals surface area contributed by atoms with E-state index in [9.17, 15) is 13.2 Å². The summed E-state index contributed by atoms with van der Waals surface area (Å²) in [4.78, 5) is 3.21. The molecule has 1 saturated heterocycles. The molecule has 0 spiro atoms. The highest BCUT2D eigenvalue weighted by Gasteiger charge is 2.39. The number of hydrogen-bond donors (Lipinski definition) is 1. The molecule has 0 bridgehead atoms. The summed E-state index contributed by atoms with van der Waals surface area (Å²) in [5, 5.41) is 6.99. The van der Waals surface area contributed by atoms with Crippen LogP contribution in [-0.2, 0) is 0 Å². The predicted molar refractivity (Wildman–Crippen MR) is 52.1 cm³/mol. The van der Waals surface area contributed by atoms with Crippen molar-refractivity contribution in [2.45, 2.75) is 26.1 Å². The van der Waals surface area contributed by atoms with Crippen molar-refractivity contribution in [3.8, 4) is 0 Å². The van der Waals surface area contributed by atoms with Crippen molar-refractivity contribution in [3.63, 3.8) is 0 Å². The van der Waals surface area contributed by atoms with Crippen LogP contribution in [0.3, 0.4) is 0 Å². The minimum atomic E-state index is -4.51. The Kier molecular flexibility index (Phi) is 3.59. The van der Waals surface area contributed by atoms with Gasteiger partial charge in [0.05, 0.1) is 0 Å². The molecule has 0 aromatic rings. The molecule has 6 heteroatoms. The first kappa shape index (κ1) is 12.3. The first-order chi connectivity index (χ1) is 6.82. The fraction of sp³-hybridized carbons (Fsp3) is 0.889. The standard InChI is InChI=1S/C9H16F3N3/c1-7(2)14-3-5-15(6-4-14)8(13)9(10,11)12/h7,13H,3-6H2,1-2H3. The van der Waals surface area contributed by atoms with Gasteiger partial charge in [0.25, 0.3) is 0 Å². The summed E-state index contributed by atoms with van der Waals surface area (Å²) in [5.74, 6) is -1.22. The zero-order valence-corrected chi connectivity index (χ0v) is 8.93. The molecule has 88 valence electrons. The first-order valence-corrected chi connectivity index (χ1v) is 4.97. The maximum atomic E-state index is 12.2. The molecule has 0 aliphatic carbocycles. The summed E-state index contributed by atoms with van der Waals surface area (Å²) < 4.78 is 36.6. The van der Waals surface area contributed by atoms with Crippen LogP contribution in [0.1, 0.15) is 13.8 Å². The lowest BCUT2D eigenvalue weighted by atomic mass is 10.2. The van der Waals surface area contributed by atoms with E-state index in [1.165, 1.54) is 0 Å². The Balaban J connectivity index is 2.48. The second-order valence-electron chi connectivity index (χ2n) is 3.96. The number of halogens is 3. The van der Waals surface area contributed by atoms with Crippen molar-refractivity contribution in [3.05, 3.63) is 0 Å². The molecule has 3 nitrogen and oxygen atoms in total. The molecule has 0 aromatic heterocycles. The summed E-state index contributed by atoms with van der Waals surface area (Å²) >= 11 is 0. The average Bonchev–Trinajstić information content (AvgIpc) is 2.15. The van der Waals surface area contributed by atoms with Crippen molar-refractivity contribution < 1.29 is 13.2 Å². The summed E-state index contributed by atoms with van der Waals surface area (Å²) in [6.45, 7) is 5.80. The molecule has 0 unspecified atom stereocenters. The van der Waals surface area contributed by atoms with Crippen LogP contribution in [0.25, 0.3) is 0 Å². The molecule has 0 amide bonds. The van der Waals surface area contributed by atoms with E-state index in [0.29, 0.717) is 19.1 Å². The van der Waals surface area contributed by atoms with E-state index in [1.807, 2.05) is 13.8 Å². The topological polar surface area (TPSA) is 30.3 Å². The van der Waals surface area contributed by atoms with Crippen LogP contribution in [-0.4, -0.2) is 54.0 Å². The van der Waals surface area contributed by atoms with Gasteiger partial charge in [0.2, 0.25) is 5.84 Å². The molecule has 1 rings (SSSR count). The average molecular weight is 223 g/mol. The Morgan fingerprint density at radius 1 is 1.13 bits per heavy atom. The molecule has 15 heavy (non-hydrogen) atoms. The number of alkyl halides is 3. The number of hydrogen-bond acceptors (Lipinski definition) is 2. The highest BCUT2D eigenvalue weighted by atomic mass is 19.4. The van der Waals surface area contributed by atoms with Gasteiger partial charge in [0.1, 0.15) is 0 Å². The van der Waals surface area contributed by atoms with E-state index in [1.54, 1.807) is 0 Å². The highest BCUT2D eigenvalue weighted by Crippen LogP contribution is 2.20. The van der Waals surface area contributed by atoms with Gasteiger partial charge in [-0.1, -0.05) is 0 Å². The molecular formula is C9H16F3N3. The molecule has 1 heterocycles. The molecule has 0 radical (unpaired) electrons. The zero-order chi connectivity index (χ0) is 11.6. The van der Waals surface area contributed by atoms with E-state index in [0.717, 1.165) is 4.90 Å². The van der Waals surface area contributed by atoms with Gasteiger partial charge in [-0.2, -0.15) is 13.2 Å². The van der Waals surface area contributed by atoms with Crippen molar-refractivity contribution in [2.75, 3.05) is 26.2 Å². The minimum absolute atomic E-state index is 0.288. The fourth-order valence-corrected chi connectivity index (χ4v) is 1.64. The SMILES string of the molecule is CC(C)N1CCN(C(=N)C(F)(F)F)CC1. The lowest BCUT2D eigenvalue weighted by molar-refractivity contribution is -0.0718. The summed E-state index contributed by atoms with van der Waals surface area (Å²) in [6.07, 6.45) is -4.51. The van der Waals surface area contributed by atoms with Gasteiger partial charge in [0.15, 0.2) is 0 Å². The molecule has 1 aliphatic heterocycles. The van der Waals surface area contributed by atoms with Gasteiger partial charge in [-0.3, -0.25) is 10.3 Å². The number of rotatable bonds is 1. The van der Waals surface area contributed by atoms with Crippen LogP contribution in [0.4, 0.5) is 13.2 Å². The molecule has 1 fully saturated rings.